The third-order valence-electron chi connectivity index (χ3n) is 5.70. The molecule has 11 heteroatoms. The van der Waals surface area contributed by atoms with Crippen molar-refractivity contribution in [3.63, 3.8) is 0 Å². The molecule has 0 saturated heterocycles. The molecule has 0 unspecified atom stereocenters. The molecule has 0 radical (unpaired) electrons. The van der Waals surface area contributed by atoms with Gasteiger partial charge in [0.2, 0.25) is 15.9 Å². The van der Waals surface area contributed by atoms with E-state index < -0.39 is 33.9 Å². The summed E-state index contributed by atoms with van der Waals surface area (Å²) in [6, 6.07) is 16.0. The molecule has 2 N–H and O–H groups in total. The molecule has 39 heavy (non-hydrogen) atoms. The lowest BCUT2D eigenvalue weighted by molar-refractivity contribution is -0.117. The number of rotatable bonds is 11. The van der Waals surface area contributed by atoms with E-state index >= 15 is 0 Å². The Balaban J connectivity index is 1.95. The van der Waals surface area contributed by atoms with E-state index in [0.29, 0.717) is 23.5 Å². The lowest BCUT2D eigenvalue weighted by Gasteiger charge is -2.20. The zero-order valence-electron chi connectivity index (χ0n) is 22.0. The highest BCUT2D eigenvalue weighted by Gasteiger charge is 2.27. The van der Waals surface area contributed by atoms with Gasteiger partial charge in [-0.15, -0.1) is 0 Å². The van der Waals surface area contributed by atoms with Gasteiger partial charge in [0.15, 0.2) is 0 Å². The summed E-state index contributed by atoms with van der Waals surface area (Å²) < 4.78 is 44.1. The number of amides is 1. The largest absolute Gasteiger partial charge is 0.494 e. The van der Waals surface area contributed by atoms with Crippen LogP contribution in [0, 0.1) is 6.92 Å². The molecule has 0 fully saturated rings. The number of hydrogen-bond acceptors (Lipinski definition) is 8. The maximum Gasteiger partial charge on any atom is 0.337 e. The normalized spacial score (nSPS) is 11.8. The molecule has 3 aromatic rings. The Morgan fingerprint density at radius 3 is 2.03 bits per heavy atom. The summed E-state index contributed by atoms with van der Waals surface area (Å²) in [4.78, 5) is 37.7. The van der Waals surface area contributed by atoms with Crippen molar-refractivity contribution >= 4 is 33.6 Å². The Kier molecular flexibility index (Phi) is 9.80. The van der Waals surface area contributed by atoms with Crippen LogP contribution in [0.2, 0.25) is 0 Å². The molecule has 0 aliphatic carbocycles. The molecule has 0 bridgehead atoms. The van der Waals surface area contributed by atoms with Crippen molar-refractivity contribution in [3.8, 4) is 5.75 Å². The van der Waals surface area contributed by atoms with Gasteiger partial charge in [-0.25, -0.2) is 18.0 Å². The van der Waals surface area contributed by atoms with Crippen LogP contribution >= 0.6 is 0 Å². The fourth-order valence-electron chi connectivity index (χ4n) is 3.80. The van der Waals surface area contributed by atoms with Crippen LogP contribution in [0.25, 0.3) is 0 Å². The van der Waals surface area contributed by atoms with Gasteiger partial charge < -0.3 is 19.5 Å². The highest BCUT2D eigenvalue weighted by Crippen LogP contribution is 2.23. The molecule has 0 aliphatic rings. The van der Waals surface area contributed by atoms with E-state index in [1.807, 2.05) is 6.92 Å². The van der Waals surface area contributed by atoms with Crippen LogP contribution < -0.4 is 14.8 Å². The van der Waals surface area contributed by atoms with Gasteiger partial charge in [-0.3, -0.25) is 4.79 Å². The number of ether oxygens (including phenoxy) is 3. The van der Waals surface area contributed by atoms with Crippen molar-refractivity contribution in [1.29, 1.82) is 0 Å². The molecule has 0 aromatic heterocycles. The molecule has 10 nitrogen and oxygen atoms in total. The van der Waals surface area contributed by atoms with Crippen molar-refractivity contribution in [1.82, 2.24) is 4.72 Å². The van der Waals surface area contributed by atoms with Crippen LogP contribution in [0.4, 0.5) is 5.69 Å². The Morgan fingerprint density at radius 1 is 0.872 bits per heavy atom. The van der Waals surface area contributed by atoms with Crippen molar-refractivity contribution in [3.05, 3.63) is 89.0 Å². The zero-order chi connectivity index (χ0) is 28.6. The van der Waals surface area contributed by atoms with E-state index in [0.717, 1.165) is 0 Å². The summed E-state index contributed by atoms with van der Waals surface area (Å²) >= 11 is 0. The van der Waals surface area contributed by atoms with Crippen LogP contribution in [-0.4, -0.2) is 53.1 Å². The molecular formula is C28H30N2O8S. The number of aryl methyl sites for hydroxylation is 1. The van der Waals surface area contributed by atoms with Gasteiger partial charge in [0.1, 0.15) is 11.8 Å². The fourth-order valence-corrected chi connectivity index (χ4v) is 5.08. The second-order valence-electron chi connectivity index (χ2n) is 8.50. The molecule has 1 atom stereocenters. The minimum absolute atomic E-state index is 0.000697. The highest BCUT2D eigenvalue weighted by molar-refractivity contribution is 7.89. The van der Waals surface area contributed by atoms with Crippen molar-refractivity contribution in [2.45, 2.75) is 31.2 Å². The summed E-state index contributed by atoms with van der Waals surface area (Å²) in [5, 5.41) is 2.61. The monoisotopic (exact) mass is 554 g/mol. The van der Waals surface area contributed by atoms with Gasteiger partial charge in [0, 0.05) is 5.69 Å². The van der Waals surface area contributed by atoms with Crippen LogP contribution in [-0.2, 0) is 30.7 Å². The second kappa shape index (κ2) is 13.0. The maximum absolute atomic E-state index is 13.4. The van der Waals surface area contributed by atoms with Gasteiger partial charge >= 0.3 is 11.9 Å². The predicted molar refractivity (Wildman–Crippen MR) is 144 cm³/mol. The van der Waals surface area contributed by atoms with E-state index in [4.69, 9.17) is 14.2 Å². The van der Waals surface area contributed by atoms with Crippen molar-refractivity contribution in [2.75, 3.05) is 26.1 Å². The van der Waals surface area contributed by atoms with Gasteiger partial charge in [-0.1, -0.05) is 30.3 Å². The molecule has 3 aromatic carbocycles. The quantitative estimate of drug-likeness (QED) is 0.344. The third-order valence-corrected chi connectivity index (χ3v) is 7.17. The third kappa shape index (κ3) is 7.65. The summed E-state index contributed by atoms with van der Waals surface area (Å²) in [7, 11) is -1.78. The summed E-state index contributed by atoms with van der Waals surface area (Å²) in [5.41, 5.74) is 1.42. The molecule has 0 saturated carbocycles. The smallest absolute Gasteiger partial charge is 0.337 e. The minimum atomic E-state index is -4.14. The van der Waals surface area contributed by atoms with Crippen LogP contribution in [0.3, 0.4) is 0 Å². The molecule has 0 heterocycles. The molecule has 0 aliphatic heterocycles. The number of carbonyl (C=O) groups is 3. The summed E-state index contributed by atoms with van der Waals surface area (Å²) in [6.45, 7) is 3.98. The Hall–Kier alpha value is -4.22. The lowest BCUT2D eigenvalue weighted by Crippen LogP contribution is -2.45. The predicted octanol–water partition coefficient (Wildman–Crippen LogP) is 3.50. The average Bonchev–Trinajstić information content (AvgIpc) is 2.93. The van der Waals surface area contributed by atoms with Gasteiger partial charge in [-0.05, 0) is 67.8 Å². The van der Waals surface area contributed by atoms with Gasteiger partial charge in [0.05, 0.1) is 36.8 Å². The van der Waals surface area contributed by atoms with Crippen LogP contribution in [0.5, 0.6) is 5.75 Å². The number of methoxy groups -OCH3 is 2. The first-order valence-electron chi connectivity index (χ1n) is 12.0. The summed E-state index contributed by atoms with van der Waals surface area (Å²) in [5.74, 6) is -1.61. The Bertz CT molecular complexity index is 1420. The number of carbonyl (C=O) groups excluding carboxylic acids is 3. The number of sulfonamides is 1. The zero-order valence-corrected chi connectivity index (χ0v) is 22.8. The second-order valence-corrected chi connectivity index (χ2v) is 10.2. The Morgan fingerprint density at radius 2 is 1.49 bits per heavy atom. The van der Waals surface area contributed by atoms with Gasteiger partial charge in [-0.2, -0.15) is 4.72 Å². The molecular weight excluding hydrogens is 524 g/mol. The first-order chi connectivity index (χ1) is 18.6. The van der Waals surface area contributed by atoms with E-state index in [2.05, 4.69) is 10.0 Å². The van der Waals surface area contributed by atoms with E-state index in [9.17, 15) is 22.8 Å². The van der Waals surface area contributed by atoms with Crippen molar-refractivity contribution < 1.29 is 37.0 Å². The van der Waals surface area contributed by atoms with Crippen LogP contribution in [0.1, 0.15) is 38.8 Å². The highest BCUT2D eigenvalue weighted by atomic mass is 32.2. The Labute approximate surface area is 227 Å². The molecule has 0 spiro atoms. The summed E-state index contributed by atoms with van der Waals surface area (Å²) in [6.07, 6.45) is 0.0302. The number of hydrogen-bond donors (Lipinski definition) is 2. The average molecular weight is 555 g/mol. The maximum atomic E-state index is 13.4. The van der Waals surface area contributed by atoms with E-state index in [1.165, 1.54) is 44.6 Å². The first-order valence-corrected chi connectivity index (χ1v) is 13.5. The van der Waals surface area contributed by atoms with Crippen molar-refractivity contribution in [2.24, 2.45) is 0 Å². The van der Waals surface area contributed by atoms with E-state index in [-0.39, 0.29) is 28.1 Å². The van der Waals surface area contributed by atoms with Crippen LogP contribution in [0.15, 0.2) is 71.6 Å². The number of anilines is 1. The number of benzene rings is 3. The lowest BCUT2D eigenvalue weighted by atomic mass is 10.1. The SMILES string of the molecule is CCOc1ccc(S(=O)(=O)N[C@@H](Cc2ccccc2)C(=O)Nc2cc(C(=O)OC)cc(C(=O)OC)c2)cc1C. The van der Waals surface area contributed by atoms with E-state index in [1.54, 1.807) is 43.3 Å². The molecule has 206 valence electrons. The standard InChI is InChI=1S/C28H30N2O8S/c1-5-38-25-12-11-23(13-18(25)2)39(34,35)30-24(14-19-9-7-6-8-10-19)26(31)29-22-16-20(27(32)36-3)15-21(17-22)28(33)37-4/h6-13,15-17,24,30H,5,14H2,1-4H3,(H,29,31)/t24-/m0/s1. The minimum Gasteiger partial charge on any atom is -0.494 e. The fraction of sp³-hybridized carbons (Fsp3) is 0.250. The van der Waals surface area contributed by atoms with Gasteiger partial charge in [0.25, 0.3) is 0 Å². The first kappa shape index (κ1) is 29.3. The number of esters is 2. The molecule has 1 amide bonds. The number of nitrogens with one attached hydrogen (secondary N) is 2. The molecule has 3 rings (SSSR count). The topological polar surface area (TPSA) is 137 Å².